The maximum atomic E-state index is 10.9. The van der Waals surface area contributed by atoms with Gasteiger partial charge >= 0.3 is 5.97 Å². The second-order valence-corrected chi connectivity index (χ2v) is 4.36. The summed E-state index contributed by atoms with van der Waals surface area (Å²) in [5.41, 5.74) is 0.639. The van der Waals surface area contributed by atoms with E-state index < -0.39 is 10.9 Å². The molecule has 7 nitrogen and oxygen atoms in total. The average Bonchev–Trinajstić information content (AvgIpc) is 2.78. The second-order valence-electron chi connectivity index (χ2n) is 4.36. The van der Waals surface area contributed by atoms with Crippen molar-refractivity contribution in [3.63, 3.8) is 0 Å². The van der Waals surface area contributed by atoms with Gasteiger partial charge in [-0.1, -0.05) is 0 Å². The molecule has 0 saturated carbocycles. The SMILES string of the molecule is Cc1cc([N+](=O)[O-])cnc1N1CCC(C(=O)O)C1. The monoisotopic (exact) mass is 251 g/mol. The smallest absolute Gasteiger partial charge is 0.308 e. The van der Waals surface area contributed by atoms with Crippen molar-refractivity contribution in [1.29, 1.82) is 0 Å². The minimum Gasteiger partial charge on any atom is -0.481 e. The third-order valence-electron chi connectivity index (χ3n) is 3.08. The number of rotatable bonds is 3. The fourth-order valence-electron chi connectivity index (χ4n) is 2.14. The van der Waals surface area contributed by atoms with Crippen molar-refractivity contribution in [2.24, 2.45) is 5.92 Å². The third-order valence-corrected chi connectivity index (χ3v) is 3.08. The molecule has 1 aromatic rings. The van der Waals surface area contributed by atoms with Gasteiger partial charge in [-0.25, -0.2) is 4.98 Å². The molecular formula is C11H13N3O4. The number of aromatic nitrogens is 1. The number of pyridine rings is 1. The highest BCUT2D eigenvalue weighted by Gasteiger charge is 2.29. The van der Waals surface area contributed by atoms with Crippen LogP contribution in [-0.4, -0.2) is 34.1 Å². The average molecular weight is 251 g/mol. The Balaban J connectivity index is 2.20. The van der Waals surface area contributed by atoms with Crippen LogP contribution in [0.4, 0.5) is 11.5 Å². The molecule has 0 aromatic carbocycles. The molecule has 2 rings (SSSR count). The lowest BCUT2D eigenvalue weighted by atomic mass is 10.1. The maximum Gasteiger partial charge on any atom is 0.308 e. The van der Waals surface area contributed by atoms with Crippen molar-refractivity contribution in [1.82, 2.24) is 4.98 Å². The van der Waals surface area contributed by atoms with Gasteiger partial charge in [-0.2, -0.15) is 0 Å². The first kappa shape index (κ1) is 12.3. The number of nitro groups is 1. The molecule has 0 radical (unpaired) electrons. The van der Waals surface area contributed by atoms with Gasteiger partial charge in [-0.3, -0.25) is 14.9 Å². The van der Waals surface area contributed by atoms with Crippen LogP contribution in [0.1, 0.15) is 12.0 Å². The summed E-state index contributed by atoms with van der Waals surface area (Å²) in [6.07, 6.45) is 1.78. The van der Waals surface area contributed by atoms with E-state index in [2.05, 4.69) is 4.98 Å². The Morgan fingerprint density at radius 2 is 2.39 bits per heavy atom. The summed E-state index contributed by atoms with van der Waals surface area (Å²) in [7, 11) is 0. The van der Waals surface area contributed by atoms with Gasteiger partial charge in [-0.05, 0) is 18.9 Å². The molecule has 1 aliphatic rings. The number of aryl methyl sites for hydroxylation is 1. The van der Waals surface area contributed by atoms with Crippen LogP contribution in [0, 0.1) is 23.0 Å². The molecule has 0 amide bonds. The zero-order valence-electron chi connectivity index (χ0n) is 9.87. The van der Waals surface area contributed by atoms with Gasteiger partial charge < -0.3 is 10.0 Å². The molecule has 1 atom stereocenters. The predicted octanol–water partition coefficient (Wildman–Crippen LogP) is 1.21. The molecule has 18 heavy (non-hydrogen) atoms. The molecular weight excluding hydrogens is 238 g/mol. The molecule has 0 bridgehead atoms. The number of carbonyl (C=O) groups is 1. The van der Waals surface area contributed by atoms with E-state index in [1.807, 2.05) is 4.90 Å². The minimum absolute atomic E-state index is 0.0507. The van der Waals surface area contributed by atoms with Crippen LogP contribution in [0.25, 0.3) is 0 Å². The Morgan fingerprint density at radius 3 is 2.89 bits per heavy atom. The van der Waals surface area contributed by atoms with Crippen LogP contribution in [0.5, 0.6) is 0 Å². The van der Waals surface area contributed by atoms with Crippen LogP contribution < -0.4 is 4.90 Å². The molecule has 1 aliphatic heterocycles. The molecule has 1 aromatic heterocycles. The van der Waals surface area contributed by atoms with Crippen molar-refractivity contribution in [3.05, 3.63) is 27.9 Å². The van der Waals surface area contributed by atoms with Gasteiger partial charge in [0.25, 0.3) is 5.69 Å². The normalized spacial score (nSPS) is 18.9. The highest BCUT2D eigenvalue weighted by Crippen LogP contribution is 2.27. The maximum absolute atomic E-state index is 10.9. The lowest BCUT2D eigenvalue weighted by Crippen LogP contribution is -2.24. The third kappa shape index (κ3) is 2.24. The van der Waals surface area contributed by atoms with Crippen molar-refractivity contribution in [3.8, 4) is 0 Å². The topological polar surface area (TPSA) is 96.6 Å². The Bertz CT molecular complexity index is 503. The summed E-state index contributed by atoms with van der Waals surface area (Å²) in [4.78, 5) is 26.9. The first-order valence-electron chi connectivity index (χ1n) is 5.58. The van der Waals surface area contributed by atoms with E-state index in [9.17, 15) is 14.9 Å². The van der Waals surface area contributed by atoms with Crippen molar-refractivity contribution in [2.45, 2.75) is 13.3 Å². The van der Waals surface area contributed by atoms with Crippen molar-refractivity contribution >= 4 is 17.5 Å². The Morgan fingerprint density at radius 1 is 1.67 bits per heavy atom. The van der Waals surface area contributed by atoms with Gasteiger partial charge in [0, 0.05) is 19.2 Å². The fraction of sp³-hybridized carbons (Fsp3) is 0.455. The largest absolute Gasteiger partial charge is 0.481 e. The molecule has 2 heterocycles. The summed E-state index contributed by atoms with van der Waals surface area (Å²) < 4.78 is 0. The standard InChI is InChI=1S/C11H13N3O4/c1-7-4-9(14(17)18)5-12-10(7)13-3-2-8(6-13)11(15)16/h4-5,8H,2-3,6H2,1H3,(H,15,16). The van der Waals surface area contributed by atoms with Gasteiger partial charge in [0.05, 0.1) is 10.8 Å². The first-order valence-corrected chi connectivity index (χ1v) is 5.58. The van der Waals surface area contributed by atoms with Gasteiger partial charge in [0.2, 0.25) is 0 Å². The molecule has 1 fully saturated rings. The highest BCUT2D eigenvalue weighted by atomic mass is 16.6. The predicted molar refractivity (Wildman–Crippen MR) is 63.6 cm³/mol. The lowest BCUT2D eigenvalue weighted by Gasteiger charge is -2.18. The summed E-state index contributed by atoms with van der Waals surface area (Å²) in [6, 6.07) is 1.45. The number of carboxylic acids is 1. The van der Waals surface area contributed by atoms with E-state index in [1.54, 1.807) is 6.92 Å². The number of anilines is 1. The molecule has 0 spiro atoms. The molecule has 7 heteroatoms. The minimum atomic E-state index is -0.808. The Labute approximate surface area is 103 Å². The first-order chi connectivity index (χ1) is 8.49. The highest BCUT2D eigenvalue weighted by molar-refractivity contribution is 5.72. The van der Waals surface area contributed by atoms with Crippen LogP contribution in [0.15, 0.2) is 12.3 Å². The number of nitrogens with zero attached hydrogens (tertiary/aromatic N) is 3. The van der Waals surface area contributed by atoms with Crippen LogP contribution in [-0.2, 0) is 4.79 Å². The summed E-state index contributed by atoms with van der Waals surface area (Å²) in [6.45, 7) is 2.76. The second kappa shape index (κ2) is 4.59. The van der Waals surface area contributed by atoms with E-state index in [0.29, 0.717) is 30.9 Å². The summed E-state index contributed by atoms with van der Waals surface area (Å²) in [5.74, 6) is -0.567. The van der Waals surface area contributed by atoms with Gasteiger partial charge in [0.15, 0.2) is 0 Å². The summed E-state index contributed by atoms with van der Waals surface area (Å²) >= 11 is 0. The van der Waals surface area contributed by atoms with E-state index in [0.717, 1.165) is 0 Å². The quantitative estimate of drug-likeness (QED) is 0.640. The lowest BCUT2D eigenvalue weighted by molar-refractivity contribution is -0.385. The van der Waals surface area contributed by atoms with Crippen molar-refractivity contribution in [2.75, 3.05) is 18.0 Å². The zero-order chi connectivity index (χ0) is 13.3. The van der Waals surface area contributed by atoms with Crippen LogP contribution >= 0.6 is 0 Å². The van der Waals surface area contributed by atoms with E-state index in [-0.39, 0.29) is 11.6 Å². The number of hydrogen-bond donors (Lipinski definition) is 1. The Kier molecular flexibility index (Phi) is 3.14. The zero-order valence-corrected chi connectivity index (χ0v) is 9.87. The fourth-order valence-corrected chi connectivity index (χ4v) is 2.14. The number of aliphatic carboxylic acids is 1. The van der Waals surface area contributed by atoms with E-state index in [1.165, 1.54) is 12.3 Å². The summed E-state index contributed by atoms with van der Waals surface area (Å²) in [5, 5.41) is 19.5. The van der Waals surface area contributed by atoms with Crippen LogP contribution in [0.2, 0.25) is 0 Å². The van der Waals surface area contributed by atoms with Crippen molar-refractivity contribution < 1.29 is 14.8 Å². The number of hydrogen-bond acceptors (Lipinski definition) is 5. The molecule has 0 aliphatic carbocycles. The molecule has 1 saturated heterocycles. The van der Waals surface area contributed by atoms with Gasteiger partial charge in [0.1, 0.15) is 12.0 Å². The molecule has 1 unspecified atom stereocenters. The Hall–Kier alpha value is -2.18. The molecule has 1 N–H and O–H groups in total. The van der Waals surface area contributed by atoms with Gasteiger partial charge in [-0.15, -0.1) is 0 Å². The van der Waals surface area contributed by atoms with Crippen LogP contribution in [0.3, 0.4) is 0 Å². The van der Waals surface area contributed by atoms with E-state index in [4.69, 9.17) is 5.11 Å². The number of carboxylic acid groups (broad SMARTS) is 1. The molecule has 96 valence electrons. The van der Waals surface area contributed by atoms with E-state index >= 15 is 0 Å².